The van der Waals surface area contributed by atoms with Crippen LogP contribution in [0.3, 0.4) is 0 Å². The molecule has 2 heterocycles. The molecule has 0 saturated carbocycles. The molecule has 146 valence electrons. The van der Waals surface area contributed by atoms with Gasteiger partial charge in [-0.25, -0.2) is 4.39 Å². The van der Waals surface area contributed by atoms with Crippen LogP contribution in [-0.2, 0) is 4.79 Å². The van der Waals surface area contributed by atoms with Crippen molar-refractivity contribution in [2.24, 2.45) is 0 Å². The van der Waals surface area contributed by atoms with Crippen molar-refractivity contribution in [3.63, 3.8) is 0 Å². The first-order chi connectivity index (χ1) is 13.2. The van der Waals surface area contributed by atoms with E-state index in [9.17, 15) is 9.18 Å². The summed E-state index contributed by atoms with van der Waals surface area (Å²) in [7, 11) is 0. The molecule has 1 atom stereocenters. The summed E-state index contributed by atoms with van der Waals surface area (Å²) in [6.45, 7) is 5.71. The molecule has 1 aromatic carbocycles. The molecule has 1 aliphatic carbocycles. The smallest absolute Gasteiger partial charge is 0.249 e. The minimum Gasteiger partial charge on any atom is -0.369 e. The van der Waals surface area contributed by atoms with E-state index in [0.717, 1.165) is 76.2 Å². The standard InChI is InChI=1S/C22H30FN3O/c23-19-8-10-20(11-9-19)24-13-15-25(16-14-24)21-7-4-12-26(17-21)22(27)18-5-2-1-3-6-18/h5,8-11,21H,1-4,6-7,12-17H2. The summed E-state index contributed by atoms with van der Waals surface area (Å²) in [5, 5.41) is 0. The zero-order valence-corrected chi connectivity index (χ0v) is 16.1. The fraction of sp³-hybridized carbons (Fsp3) is 0.591. The maximum atomic E-state index is 13.1. The van der Waals surface area contributed by atoms with E-state index in [1.165, 1.54) is 25.0 Å². The van der Waals surface area contributed by atoms with E-state index in [-0.39, 0.29) is 11.7 Å². The fourth-order valence-electron chi connectivity index (χ4n) is 4.67. The van der Waals surface area contributed by atoms with Crippen molar-refractivity contribution in [2.75, 3.05) is 44.2 Å². The number of piperazine rings is 1. The van der Waals surface area contributed by atoms with Gasteiger partial charge in [0.05, 0.1) is 0 Å². The van der Waals surface area contributed by atoms with E-state index < -0.39 is 0 Å². The van der Waals surface area contributed by atoms with Gasteiger partial charge in [0.25, 0.3) is 0 Å². The normalized spacial score (nSPS) is 24.6. The van der Waals surface area contributed by atoms with Gasteiger partial charge in [-0.3, -0.25) is 9.69 Å². The highest BCUT2D eigenvalue weighted by atomic mass is 19.1. The highest BCUT2D eigenvalue weighted by molar-refractivity contribution is 5.93. The minimum atomic E-state index is -0.183. The molecule has 3 aliphatic rings. The van der Waals surface area contributed by atoms with Crippen LogP contribution < -0.4 is 4.90 Å². The summed E-state index contributed by atoms with van der Waals surface area (Å²) in [5.74, 6) is 0.0989. The number of hydrogen-bond donors (Lipinski definition) is 0. The number of nitrogens with zero attached hydrogens (tertiary/aromatic N) is 3. The number of halogens is 1. The van der Waals surface area contributed by atoms with E-state index in [1.54, 1.807) is 0 Å². The molecule has 0 bridgehead atoms. The Labute approximate surface area is 161 Å². The average molecular weight is 372 g/mol. The Kier molecular flexibility index (Phi) is 5.77. The molecule has 0 radical (unpaired) electrons. The van der Waals surface area contributed by atoms with Crippen LogP contribution in [0.2, 0.25) is 0 Å². The zero-order valence-electron chi connectivity index (χ0n) is 16.1. The summed E-state index contributed by atoms with van der Waals surface area (Å²) < 4.78 is 13.1. The molecule has 4 nitrogen and oxygen atoms in total. The van der Waals surface area contributed by atoms with E-state index in [2.05, 4.69) is 20.8 Å². The number of carbonyl (C=O) groups is 1. The van der Waals surface area contributed by atoms with Gasteiger partial charge in [0.15, 0.2) is 0 Å². The Morgan fingerprint density at radius 3 is 2.44 bits per heavy atom. The molecular weight excluding hydrogens is 341 g/mol. The van der Waals surface area contributed by atoms with Crippen LogP contribution in [0.1, 0.15) is 38.5 Å². The lowest BCUT2D eigenvalue weighted by Gasteiger charge is -2.44. The molecule has 2 saturated heterocycles. The Hall–Kier alpha value is -1.88. The van der Waals surface area contributed by atoms with Crippen molar-refractivity contribution in [3.8, 4) is 0 Å². The third-order valence-corrected chi connectivity index (χ3v) is 6.27. The van der Waals surface area contributed by atoms with Crippen LogP contribution in [0.5, 0.6) is 0 Å². The SMILES string of the molecule is O=C(C1=CCCCC1)N1CCCC(N2CCN(c3ccc(F)cc3)CC2)C1. The Morgan fingerprint density at radius 2 is 1.74 bits per heavy atom. The number of benzene rings is 1. The van der Waals surface area contributed by atoms with Gasteiger partial charge in [-0.2, -0.15) is 0 Å². The van der Waals surface area contributed by atoms with Gasteiger partial charge < -0.3 is 9.80 Å². The van der Waals surface area contributed by atoms with E-state index >= 15 is 0 Å². The zero-order chi connectivity index (χ0) is 18.6. The van der Waals surface area contributed by atoms with Crippen molar-refractivity contribution < 1.29 is 9.18 Å². The van der Waals surface area contributed by atoms with Crippen LogP contribution in [0.25, 0.3) is 0 Å². The number of hydrogen-bond acceptors (Lipinski definition) is 3. The van der Waals surface area contributed by atoms with E-state index in [1.807, 2.05) is 12.1 Å². The molecule has 5 heteroatoms. The number of likely N-dealkylation sites (tertiary alicyclic amines) is 1. The molecule has 4 rings (SSSR count). The second-order valence-corrected chi connectivity index (χ2v) is 8.02. The van der Waals surface area contributed by atoms with Crippen molar-refractivity contribution in [2.45, 2.75) is 44.6 Å². The largest absolute Gasteiger partial charge is 0.369 e. The first-order valence-electron chi connectivity index (χ1n) is 10.4. The average Bonchev–Trinajstić information content (AvgIpc) is 2.75. The van der Waals surface area contributed by atoms with Crippen molar-refractivity contribution >= 4 is 11.6 Å². The number of carbonyl (C=O) groups excluding carboxylic acids is 1. The summed E-state index contributed by atoms with van der Waals surface area (Å²) in [4.78, 5) is 19.8. The van der Waals surface area contributed by atoms with Crippen molar-refractivity contribution in [1.82, 2.24) is 9.80 Å². The van der Waals surface area contributed by atoms with Gasteiger partial charge in [0.2, 0.25) is 5.91 Å². The highest BCUT2D eigenvalue weighted by Gasteiger charge is 2.31. The lowest BCUT2D eigenvalue weighted by molar-refractivity contribution is -0.129. The number of amides is 1. The lowest BCUT2D eigenvalue weighted by atomic mass is 9.96. The Bertz CT molecular complexity index is 679. The Balaban J connectivity index is 1.32. The van der Waals surface area contributed by atoms with Crippen LogP contribution in [0.15, 0.2) is 35.9 Å². The topological polar surface area (TPSA) is 26.8 Å². The van der Waals surface area contributed by atoms with Gasteiger partial charge in [-0.1, -0.05) is 6.08 Å². The van der Waals surface area contributed by atoms with Gasteiger partial charge in [-0.15, -0.1) is 0 Å². The first-order valence-corrected chi connectivity index (χ1v) is 10.4. The summed E-state index contributed by atoms with van der Waals surface area (Å²) in [6, 6.07) is 7.27. The molecule has 1 unspecified atom stereocenters. The van der Waals surface area contributed by atoms with Crippen molar-refractivity contribution in [3.05, 3.63) is 41.7 Å². The summed E-state index contributed by atoms with van der Waals surface area (Å²) in [5.41, 5.74) is 2.14. The third kappa shape index (κ3) is 4.34. The summed E-state index contributed by atoms with van der Waals surface area (Å²) in [6.07, 6.45) is 8.83. The predicted molar refractivity (Wildman–Crippen MR) is 106 cm³/mol. The highest BCUT2D eigenvalue weighted by Crippen LogP contribution is 2.24. The third-order valence-electron chi connectivity index (χ3n) is 6.27. The van der Waals surface area contributed by atoms with Gasteiger partial charge in [0, 0.05) is 56.6 Å². The van der Waals surface area contributed by atoms with Gasteiger partial charge in [0.1, 0.15) is 5.82 Å². The lowest BCUT2D eigenvalue weighted by Crippen LogP contribution is -2.56. The second kappa shape index (κ2) is 8.42. The maximum Gasteiger partial charge on any atom is 0.249 e. The molecular formula is C22H30FN3O. The number of rotatable bonds is 3. The minimum absolute atomic E-state index is 0.183. The monoisotopic (exact) mass is 371 g/mol. The van der Waals surface area contributed by atoms with Crippen LogP contribution in [0.4, 0.5) is 10.1 Å². The number of piperidine rings is 1. The molecule has 1 aromatic rings. The maximum absolute atomic E-state index is 13.1. The predicted octanol–water partition coefficient (Wildman–Crippen LogP) is 3.44. The van der Waals surface area contributed by atoms with Crippen LogP contribution >= 0.6 is 0 Å². The molecule has 2 fully saturated rings. The van der Waals surface area contributed by atoms with Gasteiger partial charge >= 0.3 is 0 Å². The molecule has 0 N–H and O–H groups in total. The molecule has 0 spiro atoms. The van der Waals surface area contributed by atoms with Crippen molar-refractivity contribution in [1.29, 1.82) is 0 Å². The second-order valence-electron chi connectivity index (χ2n) is 8.02. The van der Waals surface area contributed by atoms with E-state index in [4.69, 9.17) is 0 Å². The molecule has 27 heavy (non-hydrogen) atoms. The molecule has 0 aromatic heterocycles. The molecule has 1 amide bonds. The molecule has 2 aliphatic heterocycles. The van der Waals surface area contributed by atoms with Crippen LogP contribution in [-0.4, -0.2) is 61.0 Å². The fourth-order valence-corrected chi connectivity index (χ4v) is 4.67. The van der Waals surface area contributed by atoms with Crippen LogP contribution in [0, 0.1) is 5.82 Å². The quantitative estimate of drug-likeness (QED) is 0.814. The number of anilines is 1. The summed E-state index contributed by atoms with van der Waals surface area (Å²) >= 11 is 0. The Morgan fingerprint density at radius 1 is 0.963 bits per heavy atom. The van der Waals surface area contributed by atoms with Gasteiger partial charge in [-0.05, 0) is 62.8 Å². The van der Waals surface area contributed by atoms with E-state index in [0.29, 0.717) is 6.04 Å². The first kappa shape index (κ1) is 18.5. The number of allylic oxidation sites excluding steroid dienone is 1.